The predicted octanol–water partition coefficient (Wildman–Crippen LogP) is 1.32. The van der Waals surface area contributed by atoms with E-state index >= 15 is 0 Å². The molecule has 1 N–H and O–H groups in total. The van der Waals surface area contributed by atoms with Crippen LogP contribution in [-0.4, -0.2) is 34.0 Å². The minimum absolute atomic E-state index is 0.279. The maximum atomic E-state index is 11.8. The first-order valence-corrected chi connectivity index (χ1v) is 7.49. The Balaban J connectivity index is 2.01. The molecule has 0 aliphatic carbocycles. The average molecular weight is 280 g/mol. The number of fused-ring (bicyclic) bond motifs is 1. The summed E-state index contributed by atoms with van der Waals surface area (Å²) in [5.41, 5.74) is 0.619. The lowest BCUT2D eigenvalue weighted by molar-refractivity contribution is 0.146. The second-order valence-electron chi connectivity index (χ2n) is 4.02. The molecule has 0 aromatic heterocycles. The Morgan fingerprint density at radius 1 is 1.32 bits per heavy atom. The van der Waals surface area contributed by atoms with Gasteiger partial charge >= 0.3 is 0 Å². The van der Waals surface area contributed by atoms with E-state index in [2.05, 4.69) is 16.3 Å². The van der Waals surface area contributed by atoms with E-state index in [9.17, 15) is 8.42 Å². The molecule has 1 aliphatic heterocycles. The van der Waals surface area contributed by atoms with Crippen LogP contribution in [-0.2, 0) is 14.8 Å². The van der Waals surface area contributed by atoms with Crippen LogP contribution in [0.25, 0.3) is 0 Å². The third-order valence-electron chi connectivity index (χ3n) is 2.63. The summed E-state index contributed by atoms with van der Waals surface area (Å²) in [6.45, 7) is 5.09. The van der Waals surface area contributed by atoms with Crippen LogP contribution in [0.4, 0.5) is 0 Å². The largest absolute Gasteiger partial charge is 0.379 e. The molecular formula is C13H16N2O3S. The Morgan fingerprint density at radius 3 is 2.89 bits per heavy atom. The Labute approximate surface area is 113 Å². The lowest BCUT2D eigenvalue weighted by atomic mass is 10.2. The summed E-state index contributed by atoms with van der Waals surface area (Å²) >= 11 is 0. The van der Waals surface area contributed by atoms with Crippen LogP contribution in [0.5, 0.6) is 0 Å². The Morgan fingerprint density at radius 2 is 2.11 bits per heavy atom. The van der Waals surface area contributed by atoms with Gasteiger partial charge in [-0.3, -0.25) is 9.71 Å². The van der Waals surface area contributed by atoms with Gasteiger partial charge in [0, 0.05) is 5.56 Å². The second-order valence-corrected chi connectivity index (χ2v) is 5.67. The van der Waals surface area contributed by atoms with Crippen molar-refractivity contribution in [1.82, 2.24) is 4.72 Å². The normalized spacial score (nSPS) is 18.0. The maximum absolute atomic E-state index is 11.8. The van der Waals surface area contributed by atoms with Gasteiger partial charge in [-0.2, -0.15) is 0 Å². The number of nitrogens with one attached hydrogen (secondary N) is 1. The number of benzene rings is 1. The molecule has 1 heterocycles. The van der Waals surface area contributed by atoms with Crippen LogP contribution in [0.15, 0.2) is 46.8 Å². The van der Waals surface area contributed by atoms with E-state index in [4.69, 9.17) is 4.74 Å². The van der Waals surface area contributed by atoms with Crippen molar-refractivity contribution < 1.29 is 13.2 Å². The predicted molar refractivity (Wildman–Crippen MR) is 73.8 cm³/mol. The highest BCUT2D eigenvalue weighted by atomic mass is 32.2. The first kappa shape index (κ1) is 13.8. The number of amidine groups is 1. The molecule has 0 unspecified atom stereocenters. The number of nitrogens with zero attached hydrogens (tertiary/aromatic N) is 1. The summed E-state index contributed by atoms with van der Waals surface area (Å²) in [6, 6.07) is 6.79. The molecule has 2 rings (SSSR count). The number of hydrogen-bond donors (Lipinski definition) is 1. The Kier molecular flexibility index (Phi) is 4.34. The Bertz CT molecular complexity index is 594. The highest BCUT2D eigenvalue weighted by Crippen LogP contribution is 2.21. The zero-order valence-corrected chi connectivity index (χ0v) is 11.3. The number of aliphatic imine (C=N–C) groups is 1. The van der Waals surface area contributed by atoms with Crippen LogP contribution in [0, 0.1) is 0 Å². The Hall–Kier alpha value is -1.66. The quantitative estimate of drug-likeness (QED) is 0.631. The highest BCUT2D eigenvalue weighted by Gasteiger charge is 2.29. The number of sulfonamides is 1. The summed E-state index contributed by atoms with van der Waals surface area (Å²) in [4.78, 5) is 4.51. The van der Waals surface area contributed by atoms with Gasteiger partial charge in [0.25, 0.3) is 10.0 Å². The molecule has 0 fully saturated rings. The number of ether oxygens (including phenoxy) is 1. The van der Waals surface area contributed by atoms with Crippen molar-refractivity contribution in [2.45, 2.75) is 11.3 Å². The maximum Gasteiger partial charge on any atom is 0.263 e. The van der Waals surface area contributed by atoms with E-state index in [1.54, 1.807) is 30.3 Å². The van der Waals surface area contributed by atoms with Crippen molar-refractivity contribution in [2.24, 2.45) is 4.99 Å². The van der Waals surface area contributed by atoms with Gasteiger partial charge in [-0.25, -0.2) is 8.42 Å². The molecule has 0 spiro atoms. The third kappa shape index (κ3) is 3.21. The monoisotopic (exact) mass is 280 g/mol. The minimum atomic E-state index is -3.44. The van der Waals surface area contributed by atoms with Crippen molar-refractivity contribution in [3.63, 3.8) is 0 Å². The molecule has 102 valence electrons. The van der Waals surface area contributed by atoms with Gasteiger partial charge in [0.05, 0.1) is 24.7 Å². The summed E-state index contributed by atoms with van der Waals surface area (Å²) in [6.07, 6.45) is 2.58. The number of rotatable bonds is 6. The van der Waals surface area contributed by atoms with Crippen LogP contribution in [0.2, 0.25) is 0 Å². The van der Waals surface area contributed by atoms with Gasteiger partial charge in [-0.05, 0) is 18.6 Å². The van der Waals surface area contributed by atoms with Gasteiger partial charge in [0.15, 0.2) is 0 Å². The second kappa shape index (κ2) is 5.99. The lowest BCUT2D eigenvalue weighted by Crippen LogP contribution is -2.22. The van der Waals surface area contributed by atoms with Crippen molar-refractivity contribution in [2.75, 3.05) is 19.8 Å². The molecule has 6 heteroatoms. The van der Waals surface area contributed by atoms with Gasteiger partial charge < -0.3 is 4.74 Å². The summed E-state index contributed by atoms with van der Waals surface area (Å²) in [7, 11) is -3.44. The summed E-state index contributed by atoms with van der Waals surface area (Å²) in [5, 5.41) is 0. The molecule has 1 aromatic rings. The molecule has 19 heavy (non-hydrogen) atoms. The van der Waals surface area contributed by atoms with Crippen molar-refractivity contribution in [3.8, 4) is 0 Å². The van der Waals surface area contributed by atoms with E-state index in [-0.39, 0.29) is 4.90 Å². The fourth-order valence-corrected chi connectivity index (χ4v) is 2.99. The number of hydrogen-bond acceptors (Lipinski definition) is 4. The average Bonchev–Trinajstić information content (AvgIpc) is 2.66. The van der Waals surface area contributed by atoms with E-state index < -0.39 is 10.0 Å². The van der Waals surface area contributed by atoms with E-state index in [1.165, 1.54) is 0 Å². The van der Waals surface area contributed by atoms with Crippen molar-refractivity contribution in [1.29, 1.82) is 0 Å². The molecule has 1 aromatic carbocycles. The zero-order chi connectivity index (χ0) is 13.7. The zero-order valence-electron chi connectivity index (χ0n) is 10.5. The molecule has 0 saturated heterocycles. The van der Waals surface area contributed by atoms with Crippen molar-refractivity contribution in [3.05, 3.63) is 42.5 Å². The van der Waals surface area contributed by atoms with E-state index in [0.717, 1.165) is 6.42 Å². The highest BCUT2D eigenvalue weighted by molar-refractivity contribution is 7.90. The van der Waals surface area contributed by atoms with Crippen LogP contribution >= 0.6 is 0 Å². The van der Waals surface area contributed by atoms with Crippen LogP contribution in [0.3, 0.4) is 0 Å². The fourth-order valence-electron chi connectivity index (χ4n) is 1.74. The molecular weight excluding hydrogens is 264 g/mol. The van der Waals surface area contributed by atoms with E-state index in [0.29, 0.717) is 31.2 Å². The van der Waals surface area contributed by atoms with Crippen LogP contribution < -0.4 is 4.72 Å². The van der Waals surface area contributed by atoms with Crippen LogP contribution in [0.1, 0.15) is 12.0 Å². The fraction of sp³-hybridized carbons (Fsp3) is 0.308. The summed E-state index contributed by atoms with van der Waals surface area (Å²) in [5.74, 6) is 0.392. The first-order valence-electron chi connectivity index (χ1n) is 6.00. The van der Waals surface area contributed by atoms with Gasteiger partial charge in [-0.1, -0.05) is 18.2 Å². The van der Waals surface area contributed by atoms with Gasteiger partial charge in [0.2, 0.25) is 0 Å². The van der Waals surface area contributed by atoms with Gasteiger partial charge in [-0.15, -0.1) is 6.58 Å². The first-order chi connectivity index (χ1) is 9.15. The lowest BCUT2D eigenvalue weighted by Gasteiger charge is -2.01. The summed E-state index contributed by atoms with van der Waals surface area (Å²) < 4.78 is 31.4. The molecule has 5 nitrogen and oxygen atoms in total. The smallest absolute Gasteiger partial charge is 0.263 e. The molecule has 1 aliphatic rings. The van der Waals surface area contributed by atoms with Gasteiger partial charge in [0.1, 0.15) is 5.84 Å². The van der Waals surface area contributed by atoms with Crippen molar-refractivity contribution >= 4 is 15.9 Å². The molecule has 0 atom stereocenters. The molecule has 0 saturated carbocycles. The SMILES string of the molecule is C=CCCOCCN=C1NS(=O)(=O)c2ccccc21. The molecule has 0 amide bonds. The topological polar surface area (TPSA) is 67.8 Å². The third-order valence-corrected chi connectivity index (χ3v) is 4.03. The van der Waals surface area contributed by atoms with E-state index in [1.807, 2.05) is 0 Å². The minimum Gasteiger partial charge on any atom is -0.379 e. The molecule has 0 radical (unpaired) electrons. The standard InChI is InChI=1S/C13H16N2O3S/c1-2-3-9-18-10-8-14-13-11-6-4-5-7-12(11)19(16,17)15-13/h2,4-7H,1,3,8-10H2,(H,14,15). The molecule has 0 bridgehead atoms.